The third-order valence-electron chi connectivity index (χ3n) is 14.7. The van der Waals surface area contributed by atoms with Gasteiger partial charge in [-0.05, 0) is 67.1 Å². The molecule has 10 rings (SSSR count). The average Bonchev–Trinajstić information content (AvgIpc) is 1.93. The van der Waals surface area contributed by atoms with Crippen molar-refractivity contribution in [3.8, 4) is 32.2 Å². The van der Waals surface area contributed by atoms with Crippen molar-refractivity contribution < 1.29 is 9.47 Å². The second-order valence-corrected chi connectivity index (χ2v) is 37.0. The van der Waals surface area contributed by atoms with Gasteiger partial charge >= 0.3 is 133 Å². The molecule has 6 heterocycles. The summed E-state index contributed by atoms with van der Waals surface area (Å²) in [4.78, 5) is 60.2. The fourth-order valence-corrected chi connectivity index (χ4v) is 30.7. The number of nitrogens with two attached hydrogens (primary N) is 2. The molecule has 6 N–H and O–H groups in total. The Morgan fingerprint density at radius 2 is 1.06 bits per heavy atom. The predicted octanol–water partition coefficient (Wildman–Crippen LogP) is 15.2. The largest absolute Gasteiger partial charge is 0.473 e. The number of halogens is 1. The Morgan fingerprint density at radius 1 is 0.605 bits per heavy atom. The predicted molar refractivity (Wildman–Crippen MR) is 354 cm³/mol. The second-order valence-electron chi connectivity index (χ2n) is 20.4. The number of thiazole rings is 2. The minimum atomic E-state index is -2.22. The number of nitrogens with zero attached hydrogens (tertiary/aromatic N) is 10. The molecule has 18 nitrogen and oxygen atoms in total. The molecule has 0 fully saturated rings. The maximum atomic E-state index is 14.1. The molecular weight excluding hydrogens is 1250 g/mol. The number of aromatic nitrogens is 8. The first-order valence-corrected chi connectivity index (χ1v) is 37.9. The Kier molecular flexibility index (Phi) is 22.3. The number of rotatable bonds is 21. The summed E-state index contributed by atoms with van der Waals surface area (Å²) in [6.45, 7) is 25.5. The van der Waals surface area contributed by atoms with Crippen LogP contribution in [0.5, 0.6) is 10.4 Å². The molecule has 0 aliphatic heterocycles. The average molecular weight is 1320 g/mol. The van der Waals surface area contributed by atoms with E-state index in [1.54, 1.807) is 44.6 Å². The molecule has 0 aliphatic carbocycles. The van der Waals surface area contributed by atoms with E-state index < -0.39 is 24.4 Å². The van der Waals surface area contributed by atoms with E-state index in [0.717, 1.165) is 32.1 Å². The minimum Gasteiger partial charge on any atom is -0.473 e. The number of hydrogen-bond acceptors (Lipinski definition) is 16. The van der Waals surface area contributed by atoms with E-state index in [0.29, 0.717) is 49.7 Å². The first kappa shape index (κ1) is 63.6. The molecule has 0 amide bonds. The van der Waals surface area contributed by atoms with Gasteiger partial charge in [0.25, 0.3) is 16.3 Å². The van der Waals surface area contributed by atoms with E-state index in [2.05, 4.69) is 77.2 Å². The van der Waals surface area contributed by atoms with Crippen LogP contribution in [0.25, 0.3) is 53.1 Å². The third-order valence-corrected chi connectivity index (χ3v) is 35.1. The van der Waals surface area contributed by atoms with Crippen molar-refractivity contribution >= 4 is 112 Å². The normalized spacial score (nSPS) is 11.7. The van der Waals surface area contributed by atoms with Crippen molar-refractivity contribution in [2.24, 2.45) is 0 Å². The first-order chi connectivity index (χ1) is 41.7. The molecule has 0 saturated carbocycles. The molecule has 22 heteroatoms. The smallest absolute Gasteiger partial charge is 0.273 e. The Bertz CT molecular complexity index is 4130. The zero-order chi connectivity index (χ0) is 61.3. The van der Waals surface area contributed by atoms with Gasteiger partial charge in [-0.1, -0.05) is 89.7 Å². The van der Waals surface area contributed by atoms with Gasteiger partial charge in [0.05, 0.1) is 53.0 Å². The van der Waals surface area contributed by atoms with Crippen LogP contribution in [0, 0.1) is 13.1 Å². The van der Waals surface area contributed by atoms with Crippen molar-refractivity contribution in [3.63, 3.8) is 0 Å². The molecule has 0 saturated heterocycles. The quantitative estimate of drug-likeness (QED) is 0.0388. The fraction of sp³-hybridized carbons (Fsp3) is 0.281. The van der Waals surface area contributed by atoms with Crippen LogP contribution in [-0.4, -0.2) is 71.6 Å². The number of pyridine rings is 2. The van der Waals surface area contributed by atoms with E-state index in [9.17, 15) is 9.59 Å². The van der Waals surface area contributed by atoms with Gasteiger partial charge in [-0.3, -0.25) is 18.7 Å². The zero-order valence-corrected chi connectivity index (χ0v) is 54.4. The molecule has 0 bridgehead atoms. The maximum absolute atomic E-state index is 14.1. The number of unbranched alkanes of at least 4 members (excludes halogenated alkanes) is 3. The van der Waals surface area contributed by atoms with Crippen molar-refractivity contribution in [1.82, 2.24) is 39.0 Å². The summed E-state index contributed by atoms with van der Waals surface area (Å²) in [6.07, 6.45) is 14.8. The number of anilines is 4. The molecule has 0 radical (unpaired) electrons. The number of methoxy groups -OCH3 is 2. The van der Waals surface area contributed by atoms with E-state index in [1.165, 1.54) is 75.6 Å². The summed E-state index contributed by atoms with van der Waals surface area (Å²) < 4.78 is 20.1. The second kappa shape index (κ2) is 30.1. The van der Waals surface area contributed by atoms with Crippen molar-refractivity contribution in [2.75, 3.05) is 36.3 Å². The Balaban J connectivity index is 0.000000175. The number of fused-ring (bicyclic) bond motifs is 2. The molecule has 2 atom stereocenters. The van der Waals surface area contributed by atoms with Crippen LogP contribution < -0.4 is 45.6 Å². The van der Waals surface area contributed by atoms with Gasteiger partial charge in [0.1, 0.15) is 11.6 Å². The van der Waals surface area contributed by atoms with Crippen LogP contribution in [0.15, 0.2) is 144 Å². The third kappa shape index (κ3) is 14.8. The standard InChI is InChI=1S/C26H21N7O2S.C22H17ClN6O.C4H4NOS.3C4H9.Sn/c1-15(31-23-19(28-2)13-29-25(27)32-23)20-12-16-8-7-11-18(21-14-30-26(35-3)36-21)22(16)24(34)33(20)17-9-5-4-6-10-17;1-13(27-20-17(25-2)12-26-22(24)28-20)18-11-14-7-6-10-16(23)19(14)21(30)29(18)15-8-4-3-5-9-15;1-6-4-5-2-3-7-4;3*1-3-4-2;/h4-15H,1,3H3,(H3,27,29,31,32);3-13H,1H3,(H3,24,26,27,28);2H,1H3;3*1,3-4H2,2H3;/t15-;13-;;;;;/m00...../s1. The summed E-state index contributed by atoms with van der Waals surface area (Å²) in [5, 5.41) is 10.8. The Hall–Kier alpha value is -8.41. The van der Waals surface area contributed by atoms with Gasteiger partial charge in [-0.25, -0.2) is 34.6 Å². The van der Waals surface area contributed by atoms with Crippen molar-refractivity contribution in [1.29, 1.82) is 0 Å². The monoisotopic (exact) mass is 1320 g/mol. The van der Waals surface area contributed by atoms with Crippen LogP contribution in [0.4, 0.5) is 34.9 Å². The number of nitrogens with one attached hydrogen (secondary N) is 2. The number of hydrogen-bond donors (Lipinski definition) is 4. The number of ether oxygens (including phenoxy) is 2. The van der Waals surface area contributed by atoms with E-state index in [4.69, 9.17) is 45.7 Å². The fourth-order valence-electron chi connectivity index (χ4n) is 10.3. The van der Waals surface area contributed by atoms with E-state index in [-0.39, 0.29) is 40.4 Å². The Labute approximate surface area is 517 Å². The number of benzene rings is 4. The van der Waals surface area contributed by atoms with Gasteiger partial charge < -0.3 is 26.8 Å². The molecule has 86 heavy (non-hydrogen) atoms. The summed E-state index contributed by atoms with van der Waals surface area (Å²) in [5.41, 5.74) is 15.2. The molecule has 0 unspecified atom stereocenters. The molecule has 442 valence electrons. The zero-order valence-electron chi connectivity index (χ0n) is 49.2. The van der Waals surface area contributed by atoms with Gasteiger partial charge in [0.2, 0.25) is 23.3 Å². The molecule has 6 aromatic heterocycles. The minimum absolute atomic E-state index is 0.0562. The van der Waals surface area contributed by atoms with Crippen LogP contribution in [0.2, 0.25) is 18.3 Å². The molecular formula is C64H69ClN14O4S2Sn. The maximum Gasteiger partial charge on any atom is 0.273 e. The SMILES string of the molecule is CCC[CH2][Sn]([CH2]CCC)([CH2]CCC)[c]1cnc(OC)s1.[C-]#[N+]c1cnc(N)nc1N[C@@H](C)c1cc2cccc(-c3cnc(OC)s3)c2c(=O)n1-c1ccccc1.[C-]#[N+]c1cnc(N)nc1N[C@@H](C)c1cc2cccc(Cl)c2c(=O)n1-c1ccccc1. The van der Waals surface area contributed by atoms with Gasteiger partial charge in [-0.2, -0.15) is 0 Å². The molecule has 10 aromatic rings. The Morgan fingerprint density at radius 3 is 1.51 bits per heavy atom. The number of nitrogen functional groups attached to an aromatic ring is 2. The first-order valence-electron chi connectivity index (χ1n) is 28.4. The summed E-state index contributed by atoms with van der Waals surface area (Å²) in [5.74, 6) is 0.731. The topological polar surface area (TPSA) is 225 Å². The molecule has 0 aliphatic rings. The van der Waals surface area contributed by atoms with E-state index in [1.807, 2.05) is 122 Å². The summed E-state index contributed by atoms with van der Waals surface area (Å²) >= 11 is 7.36. The van der Waals surface area contributed by atoms with Crippen molar-refractivity contribution in [2.45, 2.75) is 98.5 Å². The number of para-hydroxylation sites is 2. The van der Waals surface area contributed by atoms with Gasteiger partial charge in [0, 0.05) is 46.9 Å². The van der Waals surface area contributed by atoms with Crippen LogP contribution >= 0.6 is 34.3 Å². The van der Waals surface area contributed by atoms with Crippen LogP contribution in [-0.2, 0) is 0 Å². The molecule has 4 aromatic carbocycles. The van der Waals surface area contributed by atoms with Gasteiger partial charge in [-0.15, -0.1) is 0 Å². The van der Waals surface area contributed by atoms with E-state index >= 15 is 0 Å². The summed E-state index contributed by atoms with van der Waals surface area (Å²) in [6, 6.07) is 33.0. The molecule has 0 spiro atoms. The summed E-state index contributed by atoms with van der Waals surface area (Å²) in [7, 11) is 3.31. The van der Waals surface area contributed by atoms with Crippen molar-refractivity contribution in [3.05, 3.63) is 194 Å². The van der Waals surface area contributed by atoms with Crippen LogP contribution in [0.3, 0.4) is 0 Å². The van der Waals surface area contributed by atoms with Crippen LogP contribution in [0.1, 0.15) is 96.6 Å². The van der Waals surface area contributed by atoms with Gasteiger partial charge in [0.15, 0.2) is 0 Å².